The third kappa shape index (κ3) is 3.16. The standard InChI is InChI=1S/C13H17NO4S2/c1-19-9-2-7-20-10(9)11(15)14-8-13(12(16)17)3-5-18-6-4-13/h2,7H,3-6,8H2,1H3,(H,14,15)(H,16,17). The Morgan fingerprint density at radius 2 is 2.20 bits per heavy atom. The zero-order valence-corrected chi connectivity index (χ0v) is 12.8. The average molecular weight is 315 g/mol. The van der Waals surface area contributed by atoms with Crippen molar-refractivity contribution in [3.63, 3.8) is 0 Å². The van der Waals surface area contributed by atoms with Crippen LogP contribution in [-0.2, 0) is 9.53 Å². The minimum absolute atomic E-state index is 0.149. The lowest BCUT2D eigenvalue weighted by Gasteiger charge is -2.33. The summed E-state index contributed by atoms with van der Waals surface area (Å²) < 4.78 is 5.21. The smallest absolute Gasteiger partial charge is 0.311 e. The summed E-state index contributed by atoms with van der Waals surface area (Å²) >= 11 is 2.88. The van der Waals surface area contributed by atoms with Gasteiger partial charge in [0.15, 0.2) is 0 Å². The maximum absolute atomic E-state index is 12.2. The fraction of sp³-hybridized carbons (Fsp3) is 0.538. The molecule has 2 heterocycles. The van der Waals surface area contributed by atoms with E-state index in [-0.39, 0.29) is 12.5 Å². The summed E-state index contributed by atoms with van der Waals surface area (Å²) in [6.07, 6.45) is 2.78. The summed E-state index contributed by atoms with van der Waals surface area (Å²) in [4.78, 5) is 25.2. The van der Waals surface area contributed by atoms with Crippen LogP contribution in [0.5, 0.6) is 0 Å². The van der Waals surface area contributed by atoms with Gasteiger partial charge in [0.1, 0.15) is 4.88 Å². The van der Waals surface area contributed by atoms with Crippen molar-refractivity contribution >= 4 is 35.0 Å². The van der Waals surface area contributed by atoms with Crippen LogP contribution in [0.1, 0.15) is 22.5 Å². The van der Waals surface area contributed by atoms with E-state index in [9.17, 15) is 14.7 Å². The Labute approximate surface area is 125 Å². The second kappa shape index (κ2) is 6.60. The van der Waals surface area contributed by atoms with Crippen LogP contribution in [0.2, 0.25) is 0 Å². The Kier molecular flexibility index (Phi) is 5.06. The Balaban J connectivity index is 2.03. The second-order valence-corrected chi connectivity index (χ2v) is 6.46. The van der Waals surface area contributed by atoms with Crippen LogP contribution >= 0.6 is 23.1 Å². The van der Waals surface area contributed by atoms with Gasteiger partial charge in [-0.3, -0.25) is 9.59 Å². The van der Waals surface area contributed by atoms with Gasteiger partial charge in [0.25, 0.3) is 5.91 Å². The van der Waals surface area contributed by atoms with Crippen LogP contribution in [0, 0.1) is 5.41 Å². The van der Waals surface area contributed by atoms with E-state index >= 15 is 0 Å². The van der Waals surface area contributed by atoms with Gasteiger partial charge in [0.05, 0.1) is 5.41 Å². The number of rotatable bonds is 5. The molecule has 1 fully saturated rings. The van der Waals surface area contributed by atoms with Crippen molar-refractivity contribution in [2.75, 3.05) is 26.0 Å². The number of nitrogens with one attached hydrogen (secondary N) is 1. The molecule has 0 atom stereocenters. The number of hydrogen-bond acceptors (Lipinski definition) is 5. The van der Waals surface area contributed by atoms with Gasteiger partial charge in [-0.15, -0.1) is 23.1 Å². The number of thiophene rings is 1. The van der Waals surface area contributed by atoms with Crippen molar-refractivity contribution in [3.05, 3.63) is 16.3 Å². The van der Waals surface area contributed by atoms with Gasteiger partial charge >= 0.3 is 5.97 Å². The lowest BCUT2D eigenvalue weighted by molar-refractivity contribution is -0.154. The van der Waals surface area contributed by atoms with Crippen LogP contribution in [0.3, 0.4) is 0 Å². The van der Waals surface area contributed by atoms with Crippen molar-refractivity contribution in [2.24, 2.45) is 5.41 Å². The summed E-state index contributed by atoms with van der Waals surface area (Å²) in [5, 5.41) is 14.1. The molecule has 1 aliphatic rings. The molecular formula is C13H17NO4S2. The Hall–Kier alpha value is -1.05. The molecule has 110 valence electrons. The van der Waals surface area contributed by atoms with Gasteiger partial charge < -0.3 is 15.2 Å². The highest BCUT2D eigenvalue weighted by atomic mass is 32.2. The summed E-state index contributed by atoms with van der Waals surface area (Å²) in [5.74, 6) is -1.06. The molecule has 1 saturated heterocycles. The van der Waals surface area contributed by atoms with Crippen molar-refractivity contribution in [3.8, 4) is 0 Å². The molecule has 0 spiro atoms. The minimum atomic E-state index is -0.898. The van der Waals surface area contributed by atoms with Gasteiger partial charge in [0.2, 0.25) is 0 Å². The number of carbonyl (C=O) groups excluding carboxylic acids is 1. The first-order valence-corrected chi connectivity index (χ1v) is 8.40. The number of carboxylic acid groups (broad SMARTS) is 1. The molecule has 0 radical (unpaired) electrons. The van der Waals surface area contributed by atoms with Crippen LogP contribution in [0.15, 0.2) is 16.3 Å². The third-order valence-corrected chi connectivity index (χ3v) is 5.37. The molecule has 0 saturated carbocycles. The molecule has 5 nitrogen and oxygen atoms in total. The average Bonchev–Trinajstić information content (AvgIpc) is 2.94. The Bertz CT molecular complexity index is 494. The summed E-state index contributed by atoms with van der Waals surface area (Å²) in [6.45, 7) is 1.00. The SMILES string of the molecule is CSc1ccsc1C(=O)NCC1(C(=O)O)CCOCC1. The number of carbonyl (C=O) groups is 2. The van der Waals surface area contributed by atoms with E-state index in [1.54, 1.807) is 0 Å². The van der Waals surface area contributed by atoms with Crippen LogP contribution in [0.25, 0.3) is 0 Å². The third-order valence-electron chi connectivity index (χ3n) is 3.55. The molecule has 1 amide bonds. The first-order chi connectivity index (χ1) is 9.59. The summed E-state index contributed by atoms with van der Waals surface area (Å²) in [5.41, 5.74) is -0.898. The molecule has 0 aromatic carbocycles. The van der Waals surface area contributed by atoms with Crippen molar-refractivity contribution in [1.82, 2.24) is 5.32 Å². The fourth-order valence-corrected chi connectivity index (χ4v) is 3.85. The molecule has 1 aliphatic heterocycles. The van der Waals surface area contributed by atoms with Gasteiger partial charge in [0, 0.05) is 24.7 Å². The van der Waals surface area contributed by atoms with Crippen LogP contribution in [0.4, 0.5) is 0 Å². The van der Waals surface area contributed by atoms with Crippen LogP contribution < -0.4 is 5.32 Å². The van der Waals surface area contributed by atoms with E-state index in [4.69, 9.17) is 4.74 Å². The van der Waals surface area contributed by atoms with Gasteiger partial charge in [-0.1, -0.05) is 0 Å². The Morgan fingerprint density at radius 1 is 1.50 bits per heavy atom. The molecule has 2 rings (SSSR count). The highest BCUT2D eigenvalue weighted by Gasteiger charge is 2.40. The van der Waals surface area contributed by atoms with Gasteiger partial charge in [-0.05, 0) is 30.5 Å². The van der Waals surface area contributed by atoms with Crippen molar-refractivity contribution in [1.29, 1.82) is 0 Å². The first kappa shape index (κ1) is 15.3. The lowest BCUT2D eigenvalue weighted by atomic mass is 9.80. The molecule has 1 aromatic rings. The fourth-order valence-electron chi connectivity index (χ4n) is 2.18. The quantitative estimate of drug-likeness (QED) is 0.814. The number of aliphatic carboxylic acids is 1. The maximum atomic E-state index is 12.2. The lowest BCUT2D eigenvalue weighted by Crippen LogP contribution is -2.46. The molecule has 1 aromatic heterocycles. The van der Waals surface area contributed by atoms with E-state index in [1.807, 2.05) is 17.7 Å². The normalized spacial score (nSPS) is 17.6. The maximum Gasteiger partial charge on any atom is 0.311 e. The monoisotopic (exact) mass is 315 g/mol. The predicted octanol–water partition coefficient (Wildman–Crippen LogP) is 2.08. The zero-order valence-electron chi connectivity index (χ0n) is 11.2. The topological polar surface area (TPSA) is 75.6 Å². The molecule has 20 heavy (non-hydrogen) atoms. The van der Waals surface area contributed by atoms with Gasteiger partial charge in [-0.25, -0.2) is 0 Å². The van der Waals surface area contributed by atoms with Gasteiger partial charge in [-0.2, -0.15) is 0 Å². The zero-order chi connectivity index (χ0) is 14.6. The van der Waals surface area contributed by atoms with E-state index in [0.29, 0.717) is 30.9 Å². The van der Waals surface area contributed by atoms with E-state index < -0.39 is 11.4 Å². The number of carboxylic acids is 1. The molecule has 7 heteroatoms. The minimum Gasteiger partial charge on any atom is -0.481 e. The predicted molar refractivity (Wildman–Crippen MR) is 78.6 cm³/mol. The summed E-state index contributed by atoms with van der Waals surface area (Å²) in [6, 6.07) is 1.89. The number of thioether (sulfide) groups is 1. The molecule has 0 aliphatic carbocycles. The molecule has 0 bridgehead atoms. The van der Waals surface area contributed by atoms with Crippen molar-refractivity contribution in [2.45, 2.75) is 17.7 Å². The number of ether oxygens (including phenoxy) is 1. The summed E-state index contributed by atoms with van der Waals surface area (Å²) in [7, 11) is 0. The molecular weight excluding hydrogens is 298 g/mol. The van der Waals surface area contributed by atoms with E-state index in [1.165, 1.54) is 23.1 Å². The Morgan fingerprint density at radius 3 is 2.80 bits per heavy atom. The first-order valence-electron chi connectivity index (χ1n) is 6.30. The number of hydrogen-bond donors (Lipinski definition) is 2. The van der Waals surface area contributed by atoms with E-state index in [2.05, 4.69) is 5.32 Å². The molecule has 2 N–H and O–H groups in total. The van der Waals surface area contributed by atoms with Crippen molar-refractivity contribution < 1.29 is 19.4 Å². The highest BCUT2D eigenvalue weighted by Crippen LogP contribution is 2.31. The van der Waals surface area contributed by atoms with E-state index in [0.717, 1.165) is 4.90 Å². The number of amides is 1. The largest absolute Gasteiger partial charge is 0.481 e. The highest BCUT2D eigenvalue weighted by molar-refractivity contribution is 7.98. The van der Waals surface area contributed by atoms with Crippen LogP contribution in [-0.4, -0.2) is 43.0 Å². The second-order valence-electron chi connectivity index (χ2n) is 4.70. The molecule has 0 unspecified atom stereocenters.